The van der Waals surface area contributed by atoms with Crippen molar-refractivity contribution in [2.24, 2.45) is 5.73 Å². The normalized spacial score (nSPS) is 14.7. The minimum atomic E-state index is -0.156. The van der Waals surface area contributed by atoms with Crippen LogP contribution in [0, 0.1) is 0 Å². The minimum absolute atomic E-state index is 0.0236. The van der Waals surface area contributed by atoms with E-state index >= 15 is 0 Å². The van der Waals surface area contributed by atoms with Gasteiger partial charge in [-0.15, -0.1) is 0 Å². The summed E-state index contributed by atoms with van der Waals surface area (Å²) < 4.78 is 11.1. The van der Waals surface area contributed by atoms with Crippen molar-refractivity contribution >= 4 is 0 Å². The number of nitrogens with zero attached hydrogens (tertiary/aromatic N) is 1. The molecule has 2 unspecified atom stereocenters. The summed E-state index contributed by atoms with van der Waals surface area (Å²) in [5.41, 5.74) is 6.54. The van der Waals surface area contributed by atoms with Crippen LogP contribution in [-0.2, 0) is 9.47 Å². The average Bonchev–Trinajstić information content (AvgIpc) is 2.34. The summed E-state index contributed by atoms with van der Waals surface area (Å²) in [6.45, 7) is 5.64. The number of hydrogen-bond donors (Lipinski definition) is 1. The van der Waals surface area contributed by atoms with Gasteiger partial charge in [-0.1, -0.05) is 6.07 Å². The summed E-state index contributed by atoms with van der Waals surface area (Å²) in [7, 11) is 0. The zero-order chi connectivity index (χ0) is 11.8. The largest absolute Gasteiger partial charge is 0.379 e. The van der Waals surface area contributed by atoms with Crippen LogP contribution in [0.25, 0.3) is 0 Å². The second-order valence-electron chi connectivity index (χ2n) is 3.59. The first kappa shape index (κ1) is 13.1. The van der Waals surface area contributed by atoms with Crippen molar-refractivity contribution in [2.75, 3.05) is 19.8 Å². The zero-order valence-electron chi connectivity index (χ0n) is 9.93. The lowest BCUT2D eigenvalue weighted by atomic mass is 10.2. The summed E-state index contributed by atoms with van der Waals surface area (Å²) in [4.78, 5) is 4.24. The highest BCUT2D eigenvalue weighted by Gasteiger charge is 2.14. The van der Waals surface area contributed by atoms with E-state index in [0.29, 0.717) is 19.8 Å². The van der Waals surface area contributed by atoms with Gasteiger partial charge in [0, 0.05) is 19.3 Å². The Morgan fingerprint density at radius 3 is 2.81 bits per heavy atom. The maximum Gasteiger partial charge on any atom is 0.112 e. The van der Waals surface area contributed by atoms with Gasteiger partial charge in [-0.2, -0.15) is 0 Å². The molecule has 2 atom stereocenters. The van der Waals surface area contributed by atoms with Crippen LogP contribution in [0.15, 0.2) is 24.4 Å². The first-order valence-electron chi connectivity index (χ1n) is 5.62. The summed E-state index contributed by atoms with van der Waals surface area (Å²) in [5, 5.41) is 0. The Kier molecular flexibility index (Phi) is 6.00. The van der Waals surface area contributed by atoms with E-state index < -0.39 is 0 Å². The highest BCUT2D eigenvalue weighted by atomic mass is 16.5. The first-order chi connectivity index (χ1) is 7.77. The first-order valence-corrected chi connectivity index (χ1v) is 5.62. The number of hydrogen-bond acceptors (Lipinski definition) is 4. The number of ether oxygens (including phenoxy) is 2. The highest BCUT2D eigenvalue weighted by Crippen LogP contribution is 2.15. The zero-order valence-corrected chi connectivity index (χ0v) is 9.93. The summed E-state index contributed by atoms with van der Waals surface area (Å²) >= 11 is 0. The van der Waals surface area contributed by atoms with Gasteiger partial charge in [0.2, 0.25) is 0 Å². The van der Waals surface area contributed by atoms with Crippen molar-refractivity contribution in [1.29, 1.82) is 0 Å². The Morgan fingerprint density at radius 2 is 2.25 bits per heavy atom. The van der Waals surface area contributed by atoms with Crippen LogP contribution in [0.3, 0.4) is 0 Å². The van der Waals surface area contributed by atoms with Crippen LogP contribution in [-0.4, -0.2) is 30.8 Å². The fourth-order valence-electron chi connectivity index (χ4n) is 1.42. The molecule has 1 rings (SSSR count). The Balaban J connectivity index is 2.49. The molecule has 1 heterocycles. The Hall–Kier alpha value is -0.970. The number of pyridine rings is 1. The highest BCUT2D eigenvalue weighted by molar-refractivity contribution is 5.07. The fraction of sp³-hybridized carbons (Fsp3) is 0.583. The summed E-state index contributed by atoms with van der Waals surface area (Å²) in [6, 6.07) is 5.73. The molecule has 0 aliphatic rings. The summed E-state index contributed by atoms with van der Waals surface area (Å²) in [6.07, 6.45) is 1.61. The lowest BCUT2D eigenvalue weighted by molar-refractivity contribution is -0.0456. The van der Waals surface area contributed by atoms with Gasteiger partial charge >= 0.3 is 0 Å². The van der Waals surface area contributed by atoms with Crippen molar-refractivity contribution in [3.63, 3.8) is 0 Å². The SMILES string of the molecule is CCOCC(C)OC(CN)c1ccccn1. The van der Waals surface area contributed by atoms with E-state index in [1.54, 1.807) is 6.20 Å². The quantitative estimate of drug-likeness (QED) is 0.763. The van der Waals surface area contributed by atoms with Crippen LogP contribution in [0.1, 0.15) is 25.6 Å². The maximum atomic E-state index is 5.78. The lowest BCUT2D eigenvalue weighted by Crippen LogP contribution is -2.24. The van der Waals surface area contributed by atoms with Gasteiger partial charge in [0.05, 0.1) is 18.4 Å². The molecule has 16 heavy (non-hydrogen) atoms. The summed E-state index contributed by atoms with van der Waals surface area (Å²) in [5.74, 6) is 0. The van der Waals surface area contributed by atoms with Gasteiger partial charge in [-0.05, 0) is 26.0 Å². The standard InChI is InChI=1S/C12H20N2O2/c1-3-15-9-10(2)16-12(8-13)11-6-4-5-7-14-11/h4-7,10,12H,3,8-9,13H2,1-2H3. The van der Waals surface area contributed by atoms with Crippen molar-refractivity contribution in [3.05, 3.63) is 30.1 Å². The van der Waals surface area contributed by atoms with E-state index in [1.807, 2.05) is 32.0 Å². The van der Waals surface area contributed by atoms with E-state index in [9.17, 15) is 0 Å². The van der Waals surface area contributed by atoms with Crippen LogP contribution < -0.4 is 5.73 Å². The molecule has 0 aliphatic carbocycles. The molecule has 0 bridgehead atoms. The third-order valence-electron chi connectivity index (χ3n) is 2.18. The van der Waals surface area contributed by atoms with Gasteiger partial charge < -0.3 is 15.2 Å². The predicted octanol–water partition coefficient (Wildman–Crippen LogP) is 1.52. The molecule has 4 heteroatoms. The molecule has 1 aromatic rings. The second kappa shape index (κ2) is 7.33. The molecule has 90 valence electrons. The van der Waals surface area contributed by atoms with Gasteiger partial charge in [0.25, 0.3) is 0 Å². The minimum Gasteiger partial charge on any atom is -0.379 e. The topological polar surface area (TPSA) is 57.4 Å². The van der Waals surface area contributed by atoms with Crippen molar-refractivity contribution in [3.8, 4) is 0 Å². The number of nitrogens with two attached hydrogens (primary N) is 1. The van der Waals surface area contributed by atoms with Crippen LogP contribution in [0.2, 0.25) is 0 Å². The van der Waals surface area contributed by atoms with E-state index in [1.165, 1.54) is 0 Å². The fourth-order valence-corrected chi connectivity index (χ4v) is 1.42. The monoisotopic (exact) mass is 224 g/mol. The molecule has 0 saturated heterocycles. The molecule has 4 nitrogen and oxygen atoms in total. The van der Waals surface area contributed by atoms with E-state index in [-0.39, 0.29) is 12.2 Å². The molecule has 0 aliphatic heterocycles. The molecule has 0 fully saturated rings. The molecular formula is C12H20N2O2. The second-order valence-corrected chi connectivity index (χ2v) is 3.59. The molecule has 0 radical (unpaired) electrons. The molecule has 0 spiro atoms. The third-order valence-corrected chi connectivity index (χ3v) is 2.18. The molecular weight excluding hydrogens is 204 g/mol. The van der Waals surface area contributed by atoms with Crippen LogP contribution in [0.5, 0.6) is 0 Å². The molecule has 0 aromatic carbocycles. The van der Waals surface area contributed by atoms with E-state index in [2.05, 4.69) is 4.98 Å². The third kappa shape index (κ3) is 4.26. The Bertz CT molecular complexity index is 280. The van der Waals surface area contributed by atoms with Crippen molar-refractivity contribution in [2.45, 2.75) is 26.1 Å². The Morgan fingerprint density at radius 1 is 1.44 bits per heavy atom. The predicted molar refractivity (Wildman–Crippen MR) is 63.1 cm³/mol. The van der Waals surface area contributed by atoms with E-state index in [0.717, 1.165) is 5.69 Å². The molecule has 0 amide bonds. The van der Waals surface area contributed by atoms with Crippen LogP contribution in [0.4, 0.5) is 0 Å². The van der Waals surface area contributed by atoms with Crippen LogP contribution >= 0.6 is 0 Å². The smallest absolute Gasteiger partial charge is 0.112 e. The number of rotatable bonds is 7. The Labute approximate surface area is 96.8 Å². The van der Waals surface area contributed by atoms with Gasteiger partial charge in [0.15, 0.2) is 0 Å². The van der Waals surface area contributed by atoms with Gasteiger partial charge in [-0.3, -0.25) is 4.98 Å². The van der Waals surface area contributed by atoms with Gasteiger partial charge in [0.1, 0.15) is 6.10 Å². The molecule has 0 saturated carbocycles. The maximum absolute atomic E-state index is 5.78. The molecule has 2 N–H and O–H groups in total. The molecule has 1 aromatic heterocycles. The lowest BCUT2D eigenvalue weighted by Gasteiger charge is -2.20. The van der Waals surface area contributed by atoms with Crippen molar-refractivity contribution < 1.29 is 9.47 Å². The number of aromatic nitrogens is 1. The average molecular weight is 224 g/mol. The van der Waals surface area contributed by atoms with E-state index in [4.69, 9.17) is 15.2 Å². The van der Waals surface area contributed by atoms with Crippen molar-refractivity contribution in [1.82, 2.24) is 4.98 Å². The van der Waals surface area contributed by atoms with Gasteiger partial charge in [-0.25, -0.2) is 0 Å².